The summed E-state index contributed by atoms with van der Waals surface area (Å²) in [4.78, 5) is 31.3. The number of nitrogens with one attached hydrogen (secondary N) is 1. The third kappa shape index (κ3) is 5.04. The van der Waals surface area contributed by atoms with Crippen molar-refractivity contribution in [1.29, 1.82) is 0 Å². The Balaban J connectivity index is 1.81. The number of hydrogen-bond donors (Lipinski definition) is 1. The van der Waals surface area contributed by atoms with Gasteiger partial charge in [0.2, 0.25) is 5.91 Å². The Morgan fingerprint density at radius 2 is 2.00 bits per heavy atom. The smallest absolute Gasteiger partial charge is 0.318 e. The molecule has 1 aliphatic rings. The fraction of sp³-hybridized carbons (Fsp3) is 0.500. The number of amides is 3. The van der Waals surface area contributed by atoms with Gasteiger partial charge in [-0.2, -0.15) is 0 Å². The Morgan fingerprint density at radius 3 is 2.70 bits per heavy atom. The number of nitrogens with zero attached hydrogens (tertiary/aromatic N) is 2. The number of unbranched alkanes of at least 4 members (excludes halogenated alkanes) is 1. The van der Waals surface area contributed by atoms with Crippen LogP contribution in [0.25, 0.3) is 0 Å². The Labute approximate surface area is 184 Å². The van der Waals surface area contributed by atoms with Gasteiger partial charge in [0.1, 0.15) is 6.54 Å². The lowest BCUT2D eigenvalue weighted by Crippen LogP contribution is -2.51. The zero-order valence-electron chi connectivity index (χ0n) is 18.3. The molecule has 30 heavy (non-hydrogen) atoms. The van der Waals surface area contributed by atoms with Gasteiger partial charge in [0.15, 0.2) is 0 Å². The standard InChI is InChI=1S/C24H33N3O2S/c1-4-6-14-25-24(29)27(18(3)5-2)17-22(28)26-15-12-21-20(13-16-30-21)23(26)19-10-8-7-9-11-19/h7-11,13,16,18,23H,4-6,12,14-15,17H2,1-3H3,(H,25,29)/t18-,23-/m1/s1. The average molecular weight is 428 g/mol. The molecular formula is C24H33N3O2S. The Kier molecular flexibility index (Phi) is 7.91. The van der Waals surface area contributed by atoms with Crippen molar-refractivity contribution in [3.8, 4) is 0 Å². The molecule has 1 aliphatic heterocycles. The molecule has 1 aromatic carbocycles. The van der Waals surface area contributed by atoms with E-state index in [2.05, 4.69) is 35.8 Å². The third-order valence-corrected chi connectivity index (χ3v) is 6.89. The van der Waals surface area contributed by atoms with Crippen LogP contribution in [0.1, 0.15) is 62.1 Å². The highest BCUT2D eigenvalue weighted by molar-refractivity contribution is 7.10. The number of thiophene rings is 1. The van der Waals surface area contributed by atoms with Crippen molar-refractivity contribution in [3.63, 3.8) is 0 Å². The van der Waals surface area contributed by atoms with Gasteiger partial charge in [0, 0.05) is 24.0 Å². The fourth-order valence-corrected chi connectivity index (χ4v) is 4.84. The Bertz CT molecular complexity index is 836. The molecule has 0 saturated carbocycles. The second kappa shape index (κ2) is 10.6. The van der Waals surface area contributed by atoms with Crippen molar-refractivity contribution in [2.45, 2.75) is 58.5 Å². The Hall–Kier alpha value is -2.34. The van der Waals surface area contributed by atoms with Crippen LogP contribution in [-0.4, -0.2) is 47.4 Å². The minimum absolute atomic E-state index is 0.00615. The van der Waals surface area contributed by atoms with Gasteiger partial charge in [-0.15, -0.1) is 11.3 Å². The summed E-state index contributed by atoms with van der Waals surface area (Å²) in [5, 5.41) is 5.09. The molecule has 2 atom stereocenters. The SMILES string of the molecule is CCCCNC(=O)N(CC(=O)N1CCc2sccc2[C@H]1c1ccccc1)[C@H](C)CC. The van der Waals surface area contributed by atoms with Crippen molar-refractivity contribution >= 4 is 23.3 Å². The summed E-state index contributed by atoms with van der Waals surface area (Å²) in [6.45, 7) is 7.58. The van der Waals surface area contributed by atoms with Crippen molar-refractivity contribution in [1.82, 2.24) is 15.1 Å². The van der Waals surface area contributed by atoms with Crippen LogP contribution in [0.5, 0.6) is 0 Å². The second-order valence-corrected chi connectivity index (χ2v) is 8.92. The maximum atomic E-state index is 13.5. The van der Waals surface area contributed by atoms with E-state index in [1.165, 1.54) is 10.4 Å². The summed E-state index contributed by atoms with van der Waals surface area (Å²) in [6.07, 6.45) is 3.65. The van der Waals surface area contributed by atoms with Crippen LogP contribution in [0.4, 0.5) is 4.79 Å². The van der Waals surface area contributed by atoms with Gasteiger partial charge in [-0.1, -0.05) is 50.6 Å². The summed E-state index contributed by atoms with van der Waals surface area (Å²) >= 11 is 1.76. The largest absolute Gasteiger partial charge is 0.338 e. The van der Waals surface area contributed by atoms with Gasteiger partial charge in [-0.3, -0.25) is 4.79 Å². The third-order valence-electron chi connectivity index (χ3n) is 5.90. The number of urea groups is 1. The number of hydrogen-bond acceptors (Lipinski definition) is 3. The Morgan fingerprint density at radius 1 is 1.23 bits per heavy atom. The van der Waals surface area contributed by atoms with Crippen LogP contribution >= 0.6 is 11.3 Å². The predicted molar refractivity (Wildman–Crippen MR) is 123 cm³/mol. The lowest BCUT2D eigenvalue weighted by Gasteiger charge is -2.38. The molecule has 2 heterocycles. The zero-order valence-corrected chi connectivity index (χ0v) is 19.1. The second-order valence-electron chi connectivity index (χ2n) is 7.92. The maximum absolute atomic E-state index is 13.5. The molecule has 162 valence electrons. The van der Waals surface area contributed by atoms with Gasteiger partial charge in [0.25, 0.3) is 0 Å². The van der Waals surface area contributed by atoms with Crippen LogP contribution in [-0.2, 0) is 11.2 Å². The summed E-state index contributed by atoms with van der Waals surface area (Å²) in [5.41, 5.74) is 2.33. The van der Waals surface area contributed by atoms with Gasteiger partial charge < -0.3 is 15.1 Å². The first-order valence-corrected chi connectivity index (χ1v) is 11.9. The van der Waals surface area contributed by atoms with Gasteiger partial charge in [0.05, 0.1) is 6.04 Å². The minimum Gasteiger partial charge on any atom is -0.338 e. The molecule has 0 spiro atoms. The van der Waals surface area contributed by atoms with Crippen molar-refractivity contribution in [2.24, 2.45) is 0 Å². The van der Waals surface area contributed by atoms with Crippen LogP contribution in [0.15, 0.2) is 41.8 Å². The summed E-state index contributed by atoms with van der Waals surface area (Å²) in [5.74, 6) is 0.00615. The number of fused-ring (bicyclic) bond motifs is 1. The molecule has 2 aromatic rings. The molecule has 3 amide bonds. The van der Waals surface area contributed by atoms with Crippen molar-refractivity contribution < 1.29 is 9.59 Å². The number of carbonyl (C=O) groups excluding carboxylic acids is 2. The van der Waals surface area contributed by atoms with E-state index in [1.807, 2.05) is 36.9 Å². The number of carbonyl (C=O) groups is 2. The summed E-state index contributed by atoms with van der Waals surface area (Å²) < 4.78 is 0. The molecule has 6 heteroatoms. The first-order chi connectivity index (χ1) is 14.6. The fourth-order valence-electron chi connectivity index (χ4n) is 3.94. The first-order valence-electron chi connectivity index (χ1n) is 11.0. The molecule has 5 nitrogen and oxygen atoms in total. The lowest BCUT2D eigenvalue weighted by atomic mass is 9.93. The quantitative estimate of drug-likeness (QED) is 0.613. The molecule has 0 fully saturated rings. The molecule has 1 N–H and O–H groups in total. The van der Waals surface area contributed by atoms with Crippen molar-refractivity contribution in [2.75, 3.05) is 19.6 Å². The molecule has 0 aliphatic carbocycles. The van der Waals surface area contributed by atoms with Gasteiger partial charge >= 0.3 is 6.03 Å². The summed E-state index contributed by atoms with van der Waals surface area (Å²) in [7, 11) is 0. The molecule has 0 radical (unpaired) electrons. The van der Waals surface area contributed by atoms with Crippen LogP contribution in [0.3, 0.4) is 0 Å². The van der Waals surface area contributed by atoms with E-state index in [0.29, 0.717) is 13.1 Å². The molecular weight excluding hydrogens is 394 g/mol. The lowest BCUT2D eigenvalue weighted by molar-refractivity contribution is -0.134. The van der Waals surface area contributed by atoms with E-state index in [0.717, 1.165) is 31.2 Å². The molecule has 0 bridgehead atoms. The first kappa shape index (κ1) is 22.3. The monoisotopic (exact) mass is 427 g/mol. The van der Waals surface area contributed by atoms with E-state index >= 15 is 0 Å². The zero-order chi connectivity index (χ0) is 21.5. The van der Waals surface area contributed by atoms with E-state index in [-0.39, 0.29) is 30.6 Å². The minimum atomic E-state index is -0.143. The highest BCUT2D eigenvalue weighted by Gasteiger charge is 2.34. The van der Waals surface area contributed by atoms with Crippen LogP contribution < -0.4 is 5.32 Å². The maximum Gasteiger partial charge on any atom is 0.318 e. The number of benzene rings is 1. The van der Waals surface area contributed by atoms with Crippen molar-refractivity contribution in [3.05, 3.63) is 57.8 Å². The summed E-state index contributed by atoms with van der Waals surface area (Å²) in [6, 6.07) is 12.1. The molecule has 0 saturated heterocycles. The van der Waals surface area contributed by atoms with Gasteiger partial charge in [-0.25, -0.2) is 4.79 Å². The van der Waals surface area contributed by atoms with E-state index in [4.69, 9.17) is 0 Å². The molecule has 3 rings (SSSR count). The normalized spacial score (nSPS) is 16.6. The highest BCUT2D eigenvalue weighted by Crippen LogP contribution is 2.37. The van der Waals surface area contributed by atoms with Crippen LogP contribution in [0, 0.1) is 0 Å². The molecule has 1 aromatic heterocycles. The van der Waals surface area contributed by atoms with E-state index in [1.54, 1.807) is 16.2 Å². The highest BCUT2D eigenvalue weighted by atomic mass is 32.1. The van der Waals surface area contributed by atoms with E-state index < -0.39 is 0 Å². The molecule has 0 unspecified atom stereocenters. The number of rotatable bonds is 8. The average Bonchev–Trinajstić information content (AvgIpc) is 3.25. The van der Waals surface area contributed by atoms with Gasteiger partial charge in [-0.05, 0) is 48.8 Å². The topological polar surface area (TPSA) is 52.7 Å². The van der Waals surface area contributed by atoms with Crippen LogP contribution in [0.2, 0.25) is 0 Å². The van der Waals surface area contributed by atoms with E-state index in [9.17, 15) is 9.59 Å². The predicted octanol–water partition coefficient (Wildman–Crippen LogP) is 4.83.